The Morgan fingerprint density at radius 2 is 2.16 bits per heavy atom. The number of rotatable bonds is 6. The van der Waals surface area contributed by atoms with Gasteiger partial charge in [-0.15, -0.1) is 0 Å². The van der Waals surface area contributed by atoms with Gasteiger partial charge in [-0.25, -0.2) is 9.36 Å². The molecule has 1 fully saturated rings. The van der Waals surface area contributed by atoms with E-state index in [-0.39, 0.29) is 5.82 Å². The van der Waals surface area contributed by atoms with E-state index in [1.807, 2.05) is 6.92 Å². The van der Waals surface area contributed by atoms with E-state index in [9.17, 15) is 14.3 Å². The number of nitrogens with two attached hydrogens (primary N) is 1. The third-order valence-corrected chi connectivity index (χ3v) is 5.43. The fourth-order valence-electron chi connectivity index (χ4n) is 2.77. The van der Waals surface area contributed by atoms with Crippen molar-refractivity contribution in [1.29, 1.82) is 0 Å². The number of hydrogen-bond acceptors (Lipinski definition) is 8. The van der Waals surface area contributed by atoms with Gasteiger partial charge < -0.3 is 20.1 Å². The fourth-order valence-corrected chi connectivity index (χ4v) is 3.48. The molecule has 11 heteroatoms. The molecule has 1 aromatic heterocycles. The van der Waals surface area contributed by atoms with Crippen molar-refractivity contribution in [3.63, 3.8) is 0 Å². The smallest absolute Gasteiger partial charge is 0.383 e. The van der Waals surface area contributed by atoms with Gasteiger partial charge >= 0.3 is 13.5 Å². The molecule has 3 unspecified atom stereocenters. The molecule has 25 heavy (non-hydrogen) atoms. The molecule has 1 saturated heterocycles. The molecular formula is C14H24N3O7P. The molecule has 2 heterocycles. The molecule has 1 aliphatic heterocycles. The summed E-state index contributed by atoms with van der Waals surface area (Å²) in [5.41, 5.74) is 4.64. The molecule has 5 atom stereocenters. The summed E-state index contributed by atoms with van der Waals surface area (Å²) in [7, 11) is -1.83. The summed E-state index contributed by atoms with van der Waals surface area (Å²) in [5, 5.41) is 0. The molecule has 0 saturated carbocycles. The maximum absolute atomic E-state index is 12.3. The van der Waals surface area contributed by atoms with Gasteiger partial charge in [0.25, 0.3) is 0 Å². The number of aryl methyl sites for hydroxylation is 1. The lowest BCUT2D eigenvalue weighted by atomic mass is 9.95. The second-order valence-corrected chi connectivity index (χ2v) is 7.56. The molecule has 0 bridgehead atoms. The third kappa shape index (κ3) is 3.79. The predicted octanol–water partition coefficient (Wildman–Crippen LogP) is 0.978. The van der Waals surface area contributed by atoms with Crippen molar-refractivity contribution in [2.45, 2.75) is 51.2 Å². The Morgan fingerprint density at radius 1 is 1.52 bits per heavy atom. The molecule has 0 aliphatic carbocycles. The van der Waals surface area contributed by atoms with Crippen LogP contribution in [0.2, 0.25) is 0 Å². The van der Waals surface area contributed by atoms with Gasteiger partial charge in [0.2, 0.25) is 0 Å². The molecule has 0 aromatic carbocycles. The molecule has 0 spiro atoms. The number of hydrogen-bond donors (Lipinski definition) is 2. The first kappa shape index (κ1) is 20.0. The molecule has 0 radical (unpaired) electrons. The van der Waals surface area contributed by atoms with Crippen LogP contribution < -0.4 is 11.4 Å². The highest BCUT2D eigenvalue weighted by Crippen LogP contribution is 2.51. The van der Waals surface area contributed by atoms with E-state index in [2.05, 4.69) is 9.51 Å². The summed E-state index contributed by atoms with van der Waals surface area (Å²) in [6.45, 7) is 5.24. The second-order valence-electron chi connectivity index (χ2n) is 6.05. The topological polar surface area (TPSA) is 135 Å². The van der Waals surface area contributed by atoms with Crippen LogP contribution in [0.3, 0.4) is 0 Å². The first-order chi connectivity index (χ1) is 11.6. The molecular weight excluding hydrogens is 353 g/mol. The zero-order valence-corrected chi connectivity index (χ0v) is 15.7. The maximum Gasteiger partial charge on any atom is 0.472 e. The molecule has 1 aliphatic rings. The van der Waals surface area contributed by atoms with Crippen molar-refractivity contribution in [2.24, 2.45) is 0 Å². The third-order valence-electron chi connectivity index (χ3n) is 4.47. The van der Waals surface area contributed by atoms with Crippen molar-refractivity contribution in [1.82, 2.24) is 9.55 Å². The van der Waals surface area contributed by atoms with Gasteiger partial charge in [0.05, 0.1) is 5.60 Å². The van der Waals surface area contributed by atoms with E-state index in [1.54, 1.807) is 13.8 Å². The van der Waals surface area contributed by atoms with Crippen molar-refractivity contribution in [2.75, 3.05) is 20.0 Å². The quantitative estimate of drug-likeness (QED) is 0.695. The SMILES string of the molecule is CC[C@@]1(C)O[C@@H](n2cc(C)c(N)nc2=O)C(OC)C1OP(=O)(O)OC. The lowest BCUT2D eigenvalue weighted by Crippen LogP contribution is -2.42. The summed E-state index contributed by atoms with van der Waals surface area (Å²) in [4.78, 5) is 25.7. The first-order valence-electron chi connectivity index (χ1n) is 7.71. The van der Waals surface area contributed by atoms with Crippen LogP contribution in [0.5, 0.6) is 0 Å². The fraction of sp³-hybridized carbons (Fsp3) is 0.714. The van der Waals surface area contributed by atoms with Crippen LogP contribution in [-0.4, -0.2) is 46.5 Å². The van der Waals surface area contributed by atoms with Gasteiger partial charge in [0.15, 0.2) is 6.23 Å². The van der Waals surface area contributed by atoms with Gasteiger partial charge in [-0.1, -0.05) is 6.92 Å². The Morgan fingerprint density at radius 3 is 2.68 bits per heavy atom. The zero-order valence-electron chi connectivity index (χ0n) is 14.8. The predicted molar refractivity (Wildman–Crippen MR) is 89.0 cm³/mol. The second kappa shape index (κ2) is 7.14. The summed E-state index contributed by atoms with van der Waals surface area (Å²) >= 11 is 0. The van der Waals surface area contributed by atoms with Crippen LogP contribution in [0, 0.1) is 6.92 Å². The summed E-state index contributed by atoms with van der Waals surface area (Å²) in [6, 6.07) is 0. The number of aromatic nitrogens is 2. The lowest BCUT2D eigenvalue weighted by Gasteiger charge is -2.30. The highest BCUT2D eigenvalue weighted by molar-refractivity contribution is 7.47. The normalized spacial score (nSPS) is 31.8. The first-order valence-corrected chi connectivity index (χ1v) is 9.21. The average Bonchev–Trinajstić information content (AvgIpc) is 2.83. The number of phosphoric ester groups is 1. The summed E-state index contributed by atoms with van der Waals surface area (Å²) in [6.07, 6.45) is -0.755. The Hall–Kier alpha value is -1.29. The van der Waals surface area contributed by atoms with Crippen LogP contribution in [0.4, 0.5) is 5.82 Å². The highest BCUT2D eigenvalue weighted by atomic mass is 31.2. The van der Waals surface area contributed by atoms with Crippen LogP contribution in [0.15, 0.2) is 11.0 Å². The van der Waals surface area contributed by atoms with Crippen molar-refractivity contribution < 1.29 is 28.0 Å². The minimum atomic E-state index is -4.30. The van der Waals surface area contributed by atoms with Crippen molar-refractivity contribution in [3.05, 3.63) is 22.2 Å². The molecule has 10 nitrogen and oxygen atoms in total. The number of phosphoric acid groups is 1. The summed E-state index contributed by atoms with van der Waals surface area (Å²) in [5.74, 6) is 0.124. The number of anilines is 1. The lowest BCUT2D eigenvalue weighted by molar-refractivity contribution is -0.0965. The van der Waals surface area contributed by atoms with Crippen LogP contribution in [-0.2, 0) is 23.1 Å². The van der Waals surface area contributed by atoms with Gasteiger partial charge in [-0.05, 0) is 20.3 Å². The largest absolute Gasteiger partial charge is 0.472 e. The van der Waals surface area contributed by atoms with Crippen molar-refractivity contribution >= 4 is 13.6 Å². The number of nitrogen functional groups attached to an aromatic ring is 1. The Bertz CT molecular complexity index is 740. The standard InChI is InChI=1S/C14H24N3O7P/c1-6-14(3)10(24-25(19,20)22-5)9(21-4)12(23-14)17-7-8(2)11(15)16-13(17)18/h7,9-10,12H,6H2,1-5H3,(H,19,20)(H2,15,16,18)/t9?,10?,12-,14-/m1/s1. The van der Waals surface area contributed by atoms with E-state index in [0.29, 0.717) is 12.0 Å². The Labute approximate surface area is 145 Å². The number of ether oxygens (including phenoxy) is 2. The zero-order chi connectivity index (χ0) is 19.0. The summed E-state index contributed by atoms with van der Waals surface area (Å²) < 4.78 is 34.4. The highest BCUT2D eigenvalue weighted by Gasteiger charge is 2.56. The number of methoxy groups -OCH3 is 1. The maximum atomic E-state index is 12.3. The van der Waals surface area contributed by atoms with Crippen LogP contribution in [0.1, 0.15) is 32.1 Å². The van der Waals surface area contributed by atoms with E-state index >= 15 is 0 Å². The van der Waals surface area contributed by atoms with Crippen molar-refractivity contribution in [3.8, 4) is 0 Å². The van der Waals surface area contributed by atoms with E-state index in [0.717, 1.165) is 7.11 Å². The minimum Gasteiger partial charge on any atom is -0.383 e. The van der Waals surface area contributed by atoms with E-state index in [1.165, 1.54) is 17.9 Å². The van der Waals surface area contributed by atoms with Gasteiger partial charge in [-0.2, -0.15) is 4.98 Å². The molecule has 2 rings (SSSR count). The van der Waals surface area contributed by atoms with Gasteiger partial charge in [-0.3, -0.25) is 13.6 Å². The molecule has 142 valence electrons. The monoisotopic (exact) mass is 377 g/mol. The number of nitrogens with zero attached hydrogens (tertiary/aromatic N) is 2. The van der Waals surface area contributed by atoms with E-state index < -0.39 is 37.5 Å². The van der Waals surface area contributed by atoms with Gasteiger partial charge in [0, 0.05) is 26.0 Å². The molecule has 1 aromatic rings. The van der Waals surface area contributed by atoms with Crippen LogP contribution >= 0.6 is 7.82 Å². The average molecular weight is 377 g/mol. The Kier molecular flexibility index (Phi) is 5.72. The van der Waals surface area contributed by atoms with Gasteiger partial charge in [0.1, 0.15) is 18.0 Å². The van der Waals surface area contributed by atoms with E-state index in [4.69, 9.17) is 19.7 Å². The minimum absolute atomic E-state index is 0.124. The molecule has 0 amide bonds. The molecule has 3 N–H and O–H groups in total. The Balaban J connectivity index is 2.49. The van der Waals surface area contributed by atoms with Crippen LogP contribution in [0.25, 0.3) is 0 Å².